The predicted octanol–water partition coefficient (Wildman–Crippen LogP) is 3.32. The number of pyridine rings is 1. The van der Waals surface area contributed by atoms with Crippen molar-refractivity contribution in [2.75, 3.05) is 18.5 Å². The Morgan fingerprint density at radius 1 is 1.06 bits per heavy atom. The van der Waals surface area contributed by atoms with Crippen molar-refractivity contribution in [3.8, 4) is 0 Å². The highest BCUT2D eigenvalue weighted by Gasteiger charge is 2.08. The molecule has 2 heteroatoms. The Balaban J connectivity index is 2.02. The van der Waals surface area contributed by atoms with Crippen LogP contribution in [0.25, 0.3) is 0 Å². The number of benzene rings is 1. The number of nitrogens with zero attached hydrogens (tertiary/aromatic N) is 2. The first kappa shape index (κ1) is 11.6. The van der Waals surface area contributed by atoms with E-state index in [1.54, 1.807) is 0 Å². The summed E-state index contributed by atoms with van der Waals surface area (Å²) in [5.41, 5.74) is 2.59. The van der Waals surface area contributed by atoms with Gasteiger partial charge in [-0.1, -0.05) is 37.3 Å². The smallest absolute Gasteiger partial charge is 0.0394 e. The van der Waals surface area contributed by atoms with E-state index in [4.69, 9.17) is 0 Å². The summed E-state index contributed by atoms with van der Waals surface area (Å²) in [6.45, 7) is 3.26. The maximum absolute atomic E-state index is 4.04. The van der Waals surface area contributed by atoms with Crippen LogP contribution in [0.1, 0.15) is 18.4 Å². The molecular formula is C15H18N2. The van der Waals surface area contributed by atoms with Crippen LogP contribution in [-0.4, -0.2) is 18.6 Å². The van der Waals surface area contributed by atoms with Gasteiger partial charge in [0.25, 0.3) is 0 Å². The van der Waals surface area contributed by atoms with Gasteiger partial charge in [-0.2, -0.15) is 0 Å². The highest BCUT2D eigenvalue weighted by Crippen LogP contribution is 2.19. The average molecular weight is 226 g/mol. The van der Waals surface area contributed by atoms with Crippen LogP contribution >= 0.6 is 0 Å². The van der Waals surface area contributed by atoms with Crippen molar-refractivity contribution >= 4 is 5.69 Å². The third kappa shape index (κ3) is 3.06. The number of hydrogen-bond donors (Lipinski definition) is 0. The van der Waals surface area contributed by atoms with Crippen molar-refractivity contribution in [2.45, 2.75) is 12.8 Å². The summed E-state index contributed by atoms with van der Waals surface area (Å²) in [7, 11) is 2.12. The molecule has 0 aliphatic rings. The highest BCUT2D eigenvalue weighted by molar-refractivity contribution is 5.44. The van der Waals surface area contributed by atoms with E-state index in [2.05, 4.69) is 54.2 Å². The molecule has 0 saturated heterocycles. The fraction of sp³-hybridized carbons (Fsp3) is 0.267. The van der Waals surface area contributed by atoms with Crippen LogP contribution < -0.4 is 4.90 Å². The minimum Gasteiger partial charge on any atom is -0.374 e. The quantitative estimate of drug-likeness (QED) is 0.795. The molecule has 1 heterocycles. The lowest BCUT2D eigenvalue weighted by molar-refractivity contribution is 0.733. The van der Waals surface area contributed by atoms with Gasteiger partial charge in [-0.05, 0) is 23.6 Å². The Morgan fingerprint density at radius 2 is 1.71 bits per heavy atom. The molecule has 0 aliphatic heterocycles. The molecule has 0 aliphatic carbocycles. The van der Waals surface area contributed by atoms with Crippen molar-refractivity contribution in [1.82, 2.24) is 4.98 Å². The van der Waals surface area contributed by atoms with Crippen molar-refractivity contribution in [3.05, 3.63) is 60.4 Å². The first-order valence-electron chi connectivity index (χ1n) is 5.93. The monoisotopic (exact) mass is 226 g/mol. The Morgan fingerprint density at radius 3 is 2.35 bits per heavy atom. The lowest BCUT2D eigenvalue weighted by Gasteiger charge is -2.23. The zero-order chi connectivity index (χ0) is 12.1. The predicted molar refractivity (Wildman–Crippen MR) is 72.4 cm³/mol. The fourth-order valence-corrected chi connectivity index (χ4v) is 2.00. The van der Waals surface area contributed by atoms with Gasteiger partial charge in [-0.25, -0.2) is 0 Å². The zero-order valence-corrected chi connectivity index (χ0v) is 10.4. The van der Waals surface area contributed by atoms with Gasteiger partial charge in [0, 0.05) is 31.7 Å². The Labute approximate surface area is 103 Å². The summed E-state index contributed by atoms with van der Waals surface area (Å²) in [6, 6.07) is 14.7. The molecule has 1 aromatic carbocycles. The molecule has 2 rings (SSSR count). The summed E-state index contributed by atoms with van der Waals surface area (Å²) >= 11 is 0. The number of hydrogen-bond acceptors (Lipinski definition) is 2. The molecule has 1 aromatic heterocycles. The van der Waals surface area contributed by atoms with Crippen LogP contribution in [0, 0.1) is 0 Å². The average Bonchev–Trinajstić information content (AvgIpc) is 2.40. The number of likely N-dealkylation sites (N-methyl/N-ethyl adjacent to an activating group) is 1. The molecule has 0 radical (unpaired) electrons. The summed E-state index contributed by atoms with van der Waals surface area (Å²) in [5.74, 6) is 0.523. The van der Waals surface area contributed by atoms with Crippen molar-refractivity contribution in [3.63, 3.8) is 0 Å². The third-order valence-electron chi connectivity index (χ3n) is 3.02. The second-order valence-electron chi connectivity index (χ2n) is 4.40. The maximum atomic E-state index is 4.04. The number of aromatic nitrogens is 1. The fourth-order valence-electron chi connectivity index (χ4n) is 2.00. The molecular weight excluding hydrogens is 208 g/mol. The van der Waals surface area contributed by atoms with Gasteiger partial charge in [-0.15, -0.1) is 0 Å². The number of rotatable bonds is 4. The van der Waals surface area contributed by atoms with Gasteiger partial charge < -0.3 is 4.90 Å². The van der Waals surface area contributed by atoms with Crippen molar-refractivity contribution in [2.24, 2.45) is 0 Å². The molecule has 0 N–H and O–H groups in total. The van der Waals surface area contributed by atoms with E-state index in [1.807, 2.05) is 24.5 Å². The third-order valence-corrected chi connectivity index (χ3v) is 3.02. The topological polar surface area (TPSA) is 16.1 Å². The van der Waals surface area contributed by atoms with Gasteiger partial charge in [-0.3, -0.25) is 4.98 Å². The van der Waals surface area contributed by atoms with Crippen LogP contribution in [0.4, 0.5) is 5.69 Å². The second kappa shape index (κ2) is 5.48. The summed E-state index contributed by atoms with van der Waals surface area (Å²) in [4.78, 5) is 6.30. The van der Waals surface area contributed by atoms with Gasteiger partial charge >= 0.3 is 0 Å². The largest absolute Gasteiger partial charge is 0.374 e. The van der Waals surface area contributed by atoms with E-state index >= 15 is 0 Å². The summed E-state index contributed by atoms with van der Waals surface area (Å²) < 4.78 is 0. The van der Waals surface area contributed by atoms with E-state index in [0.717, 1.165) is 6.54 Å². The van der Waals surface area contributed by atoms with E-state index in [0.29, 0.717) is 5.92 Å². The molecule has 1 unspecified atom stereocenters. The zero-order valence-electron chi connectivity index (χ0n) is 10.4. The standard InChI is InChI=1S/C15H18N2/c1-13(14-6-4-3-5-7-14)12-17(2)15-8-10-16-11-9-15/h3-11,13H,12H2,1-2H3. The lowest BCUT2D eigenvalue weighted by atomic mass is 10.0. The van der Waals surface area contributed by atoms with Gasteiger partial charge in [0.2, 0.25) is 0 Å². The molecule has 0 saturated carbocycles. The van der Waals surface area contributed by atoms with Gasteiger partial charge in [0.1, 0.15) is 0 Å². The number of anilines is 1. The normalized spacial score (nSPS) is 12.1. The molecule has 17 heavy (non-hydrogen) atoms. The van der Waals surface area contributed by atoms with Crippen molar-refractivity contribution < 1.29 is 0 Å². The van der Waals surface area contributed by atoms with E-state index in [-0.39, 0.29) is 0 Å². The Hall–Kier alpha value is -1.83. The summed E-state index contributed by atoms with van der Waals surface area (Å²) in [6.07, 6.45) is 3.66. The molecule has 0 fully saturated rings. The Kier molecular flexibility index (Phi) is 3.76. The van der Waals surface area contributed by atoms with E-state index in [9.17, 15) is 0 Å². The van der Waals surface area contributed by atoms with Crippen LogP contribution in [0.3, 0.4) is 0 Å². The highest BCUT2D eigenvalue weighted by atomic mass is 15.1. The van der Waals surface area contributed by atoms with Crippen LogP contribution in [0.2, 0.25) is 0 Å². The first-order valence-corrected chi connectivity index (χ1v) is 5.93. The molecule has 0 bridgehead atoms. The molecule has 0 amide bonds. The summed E-state index contributed by atoms with van der Waals surface area (Å²) in [5, 5.41) is 0. The molecule has 1 atom stereocenters. The van der Waals surface area contributed by atoms with E-state index < -0.39 is 0 Å². The van der Waals surface area contributed by atoms with Crippen LogP contribution in [-0.2, 0) is 0 Å². The van der Waals surface area contributed by atoms with Crippen LogP contribution in [0.15, 0.2) is 54.9 Å². The lowest BCUT2D eigenvalue weighted by Crippen LogP contribution is -2.22. The van der Waals surface area contributed by atoms with E-state index in [1.165, 1.54) is 11.3 Å². The molecule has 2 aromatic rings. The SMILES string of the molecule is CC(CN(C)c1ccncc1)c1ccccc1. The molecule has 88 valence electrons. The van der Waals surface area contributed by atoms with Gasteiger partial charge in [0.15, 0.2) is 0 Å². The minimum absolute atomic E-state index is 0.523. The molecule has 0 spiro atoms. The second-order valence-corrected chi connectivity index (χ2v) is 4.40. The Bertz CT molecular complexity index is 395. The van der Waals surface area contributed by atoms with Crippen LogP contribution in [0.5, 0.6) is 0 Å². The van der Waals surface area contributed by atoms with Gasteiger partial charge in [0.05, 0.1) is 0 Å². The minimum atomic E-state index is 0.523. The first-order chi connectivity index (χ1) is 8.27. The molecule has 2 nitrogen and oxygen atoms in total. The van der Waals surface area contributed by atoms with Crippen molar-refractivity contribution in [1.29, 1.82) is 0 Å². The maximum Gasteiger partial charge on any atom is 0.0394 e.